The minimum Gasteiger partial charge on any atom is -0.392 e. The number of aromatic nitrogens is 2. The SMILES string of the molecule is CCN1CCOC(c2noc(C3CCCC3O)n2)C1. The number of rotatable bonds is 3. The van der Waals surface area contributed by atoms with Gasteiger partial charge in [0.2, 0.25) is 11.7 Å². The molecule has 1 aromatic heterocycles. The lowest BCUT2D eigenvalue weighted by atomic mass is 10.1. The quantitative estimate of drug-likeness (QED) is 0.884. The molecule has 1 saturated heterocycles. The molecule has 19 heavy (non-hydrogen) atoms. The van der Waals surface area contributed by atoms with E-state index in [1.807, 2.05) is 0 Å². The topological polar surface area (TPSA) is 71.6 Å². The molecule has 2 heterocycles. The van der Waals surface area contributed by atoms with Gasteiger partial charge in [-0.15, -0.1) is 0 Å². The molecule has 3 atom stereocenters. The van der Waals surface area contributed by atoms with Crippen molar-refractivity contribution in [3.8, 4) is 0 Å². The van der Waals surface area contributed by atoms with Crippen LogP contribution in [0.2, 0.25) is 0 Å². The molecular formula is C13H21N3O3. The molecule has 6 heteroatoms. The van der Waals surface area contributed by atoms with Gasteiger partial charge in [-0.25, -0.2) is 0 Å². The zero-order valence-corrected chi connectivity index (χ0v) is 11.3. The van der Waals surface area contributed by atoms with E-state index in [0.29, 0.717) is 18.3 Å². The maximum Gasteiger partial charge on any atom is 0.232 e. The van der Waals surface area contributed by atoms with Crippen LogP contribution < -0.4 is 0 Å². The van der Waals surface area contributed by atoms with Crippen molar-refractivity contribution in [3.05, 3.63) is 11.7 Å². The fraction of sp³-hybridized carbons (Fsp3) is 0.846. The van der Waals surface area contributed by atoms with E-state index in [4.69, 9.17) is 9.26 Å². The van der Waals surface area contributed by atoms with E-state index in [1.165, 1.54) is 0 Å². The summed E-state index contributed by atoms with van der Waals surface area (Å²) in [6.07, 6.45) is 2.33. The van der Waals surface area contributed by atoms with Gasteiger partial charge in [0.1, 0.15) is 6.10 Å². The Morgan fingerprint density at radius 3 is 3.05 bits per heavy atom. The van der Waals surface area contributed by atoms with Crippen molar-refractivity contribution < 1.29 is 14.4 Å². The zero-order chi connectivity index (χ0) is 13.2. The normalized spacial score (nSPS) is 32.8. The Morgan fingerprint density at radius 1 is 1.42 bits per heavy atom. The summed E-state index contributed by atoms with van der Waals surface area (Å²) in [6, 6.07) is 0. The second-order valence-corrected chi connectivity index (χ2v) is 5.35. The highest BCUT2D eigenvalue weighted by atomic mass is 16.5. The van der Waals surface area contributed by atoms with E-state index in [0.717, 1.165) is 38.9 Å². The Kier molecular flexibility index (Phi) is 3.81. The van der Waals surface area contributed by atoms with E-state index < -0.39 is 0 Å². The van der Waals surface area contributed by atoms with Crippen LogP contribution in [0.1, 0.15) is 49.9 Å². The molecule has 1 aromatic rings. The molecule has 0 aromatic carbocycles. The highest BCUT2D eigenvalue weighted by Crippen LogP contribution is 2.34. The molecule has 0 spiro atoms. The zero-order valence-electron chi connectivity index (χ0n) is 11.3. The molecule has 0 bridgehead atoms. The lowest BCUT2D eigenvalue weighted by Crippen LogP contribution is -2.38. The number of hydrogen-bond donors (Lipinski definition) is 1. The fourth-order valence-electron chi connectivity index (χ4n) is 2.90. The third kappa shape index (κ3) is 2.66. The van der Waals surface area contributed by atoms with Crippen LogP contribution in [0, 0.1) is 0 Å². The molecule has 3 rings (SSSR count). The number of aliphatic hydroxyl groups is 1. The minimum absolute atomic E-state index is 0.00659. The number of hydrogen-bond acceptors (Lipinski definition) is 6. The fourth-order valence-corrected chi connectivity index (χ4v) is 2.90. The van der Waals surface area contributed by atoms with Crippen molar-refractivity contribution >= 4 is 0 Å². The molecule has 0 radical (unpaired) electrons. The summed E-state index contributed by atoms with van der Waals surface area (Å²) in [7, 11) is 0. The summed E-state index contributed by atoms with van der Waals surface area (Å²) in [5.74, 6) is 1.19. The monoisotopic (exact) mass is 267 g/mol. The highest BCUT2D eigenvalue weighted by Gasteiger charge is 2.33. The molecule has 1 N–H and O–H groups in total. The average Bonchev–Trinajstić information content (AvgIpc) is 3.07. The van der Waals surface area contributed by atoms with Crippen molar-refractivity contribution in [2.75, 3.05) is 26.2 Å². The number of ether oxygens (including phenoxy) is 1. The molecular weight excluding hydrogens is 246 g/mol. The summed E-state index contributed by atoms with van der Waals surface area (Å²) >= 11 is 0. The lowest BCUT2D eigenvalue weighted by molar-refractivity contribution is -0.0334. The van der Waals surface area contributed by atoms with Gasteiger partial charge in [-0.2, -0.15) is 4.98 Å². The van der Waals surface area contributed by atoms with E-state index in [9.17, 15) is 5.11 Å². The number of morpholine rings is 1. The van der Waals surface area contributed by atoms with Crippen molar-refractivity contribution in [1.29, 1.82) is 0 Å². The molecule has 0 amide bonds. The van der Waals surface area contributed by atoms with Gasteiger partial charge < -0.3 is 14.4 Å². The van der Waals surface area contributed by atoms with E-state index in [-0.39, 0.29) is 18.1 Å². The Morgan fingerprint density at radius 2 is 2.32 bits per heavy atom. The summed E-state index contributed by atoms with van der Waals surface area (Å²) in [6.45, 7) is 5.61. The van der Waals surface area contributed by atoms with Crippen LogP contribution in [0.4, 0.5) is 0 Å². The summed E-state index contributed by atoms with van der Waals surface area (Å²) in [5.41, 5.74) is 0. The van der Waals surface area contributed by atoms with Gasteiger partial charge in [0, 0.05) is 13.1 Å². The van der Waals surface area contributed by atoms with E-state index >= 15 is 0 Å². The van der Waals surface area contributed by atoms with Gasteiger partial charge in [-0.1, -0.05) is 12.1 Å². The predicted octanol–water partition coefficient (Wildman–Crippen LogP) is 1.09. The standard InChI is InChI=1S/C13H21N3O3/c1-2-16-6-7-18-11(8-16)12-14-13(19-15-12)9-4-3-5-10(9)17/h9-11,17H,2-8H2,1H3. The first-order valence-electron chi connectivity index (χ1n) is 7.13. The van der Waals surface area contributed by atoms with Crippen LogP contribution in [0.3, 0.4) is 0 Å². The van der Waals surface area contributed by atoms with Crippen LogP contribution in [-0.2, 0) is 4.74 Å². The van der Waals surface area contributed by atoms with Crippen molar-refractivity contribution in [3.63, 3.8) is 0 Å². The maximum atomic E-state index is 9.87. The summed E-state index contributed by atoms with van der Waals surface area (Å²) in [5, 5.41) is 13.9. The number of aliphatic hydroxyl groups excluding tert-OH is 1. The summed E-state index contributed by atoms with van der Waals surface area (Å²) < 4.78 is 11.0. The molecule has 106 valence electrons. The Bertz CT molecular complexity index is 423. The molecule has 1 aliphatic heterocycles. The van der Waals surface area contributed by atoms with E-state index in [1.54, 1.807) is 0 Å². The van der Waals surface area contributed by atoms with Gasteiger partial charge in [-0.3, -0.25) is 4.90 Å². The first-order chi connectivity index (χ1) is 9.28. The predicted molar refractivity (Wildman–Crippen MR) is 67.7 cm³/mol. The van der Waals surface area contributed by atoms with Gasteiger partial charge >= 0.3 is 0 Å². The molecule has 6 nitrogen and oxygen atoms in total. The van der Waals surface area contributed by atoms with Crippen LogP contribution >= 0.6 is 0 Å². The van der Waals surface area contributed by atoms with Crippen molar-refractivity contribution in [2.24, 2.45) is 0 Å². The van der Waals surface area contributed by atoms with Crippen LogP contribution in [0.25, 0.3) is 0 Å². The van der Waals surface area contributed by atoms with Crippen LogP contribution in [0.15, 0.2) is 4.52 Å². The number of likely N-dealkylation sites (N-methyl/N-ethyl adjacent to an activating group) is 1. The van der Waals surface area contributed by atoms with Gasteiger partial charge in [0.15, 0.2) is 0 Å². The van der Waals surface area contributed by atoms with Gasteiger partial charge in [0.05, 0.1) is 18.6 Å². The third-order valence-electron chi connectivity index (χ3n) is 4.14. The molecule has 2 fully saturated rings. The van der Waals surface area contributed by atoms with E-state index in [2.05, 4.69) is 22.0 Å². The third-order valence-corrected chi connectivity index (χ3v) is 4.14. The van der Waals surface area contributed by atoms with Crippen molar-refractivity contribution in [2.45, 2.75) is 44.3 Å². The van der Waals surface area contributed by atoms with Crippen molar-refractivity contribution in [1.82, 2.24) is 15.0 Å². The smallest absolute Gasteiger partial charge is 0.232 e. The number of nitrogens with zero attached hydrogens (tertiary/aromatic N) is 3. The van der Waals surface area contributed by atoms with Crippen LogP contribution in [0.5, 0.6) is 0 Å². The first-order valence-corrected chi connectivity index (χ1v) is 7.13. The second-order valence-electron chi connectivity index (χ2n) is 5.35. The molecule has 1 saturated carbocycles. The minimum atomic E-state index is -0.340. The highest BCUT2D eigenvalue weighted by molar-refractivity contribution is 5.02. The Labute approximate surface area is 112 Å². The van der Waals surface area contributed by atoms with Gasteiger partial charge in [0.25, 0.3) is 0 Å². The average molecular weight is 267 g/mol. The molecule has 1 aliphatic carbocycles. The largest absolute Gasteiger partial charge is 0.392 e. The first kappa shape index (κ1) is 13.0. The maximum absolute atomic E-state index is 9.87. The molecule has 2 aliphatic rings. The molecule has 3 unspecified atom stereocenters. The Hall–Kier alpha value is -0.980. The summed E-state index contributed by atoms with van der Waals surface area (Å²) in [4.78, 5) is 6.76. The second kappa shape index (κ2) is 5.56. The lowest BCUT2D eigenvalue weighted by Gasteiger charge is -2.30. The van der Waals surface area contributed by atoms with Gasteiger partial charge in [-0.05, 0) is 25.8 Å². The van der Waals surface area contributed by atoms with Crippen LogP contribution in [-0.4, -0.2) is 52.5 Å². The Balaban J connectivity index is 1.70.